The molecule has 0 aromatic heterocycles. The lowest BCUT2D eigenvalue weighted by molar-refractivity contribution is 0.0704. The van der Waals surface area contributed by atoms with E-state index in [9.17, 15) is 0 Å². The summed E-state index contributed by atoms with van der Waals surface area (Å²) in [6.07, 6.45) is 2.83. The Balaban J connectivity index is 5.48. The van der Waals surface area contributed by atoms with Crippen molar-refractivity contribution < 1.29 is 39.8 Å². The maximum absolute atomic E-state index is 6.44. The Labute approximate surface area is 290 Å². The van der Waals surface area contributed by atoms with Gasteiger partial charge in [0, 0.05) is 77.6 Å². The molecule has 0 atom stereocenters. The fourth-order valence-corrected chi connectivity index (χ4v) is 26.7. The van der Waals surface area contributed by atoms with Gasteiger partial charge in [0.25, 0.3) is 0 Å². The quantitative estimate of drug-likeness (QED) is 0.0363. The van der Waals surface area contributed by atoms with Gasteiger partial charge < -0.3 is 39.8 Å². The number of hydrogen-bond donors (Lipinski definition) is 0. The van der Waals surface area contributed by atoms with Crippen molar-refractivity contribution >= 4 is 76.0 Å². The highest BCUT2D eigenvalue weighted by Crippen LogP contribution is 2.78. The molecule has 0 N–H and O–H groups in total. The second-order valence-corrected chi connectivity index (χ2v) is 33.4. The van der Waals surface area contributed by atoms with Crippen LogP contribution in [0.25, 0.3) is 0 Å². The lowest BCUT2D eigenvalue weighted by Crippen LogP contribution is -2.46. The normalized spacial score (nSPS) is 13.2. The van der Waals surface area contributed by atoms with E-state index in [4.69, 9.17) is 51.6 Å². The molecule has 17 heteroatoms. The third kappa shape index (κ3) is 19.2. The Kier molecular flexibility index (Phi) is 29.0. The second kappa shape index (κ2) is 27.8. The third-order valence-electron chi connectivity index (χ3n) is 5.91. The highest BCUT2D eigenvalue weighted by Gasteiger charge is 2.42. The summed E-state index contributed by atoms with van der Waals surface area (Å²) in [4.78, 5) is 0. The molecule has 0 rings (SSSR count). The van der Waals surface area contributed by atoms with E-state index in [0.717, 1.165) is 54.7 Å². The molecule has 9 nitrogen and oxygen atoms in total. The van der Waals surface area contributed by atoms with Crippen molar-refractivity contribution in [1.82, 2.24) is 0 Å². The molecule has 0 amide bonds. The predicted octanol–water partition coefficient (Wildman–Crippen LogP) is 8.73. The van der Waals surface area contributed by atoms with E-state index in [2.05, 4.69) is 0 Å². The molecule has 0 spiro atoms. The van der Waals surface area contributed by atoms with Crippen molar-refractivity contribution in [2.75, 3.05) is 76.7 Å². The van der Waals surface area contributed by atoms with Crippen LogP contribution in [0.2, 0.25) is 18.1 Å². The largest absolute Gasteiger partial charge is 0.500 e. The Bertz CT molecular complexity index is 597. The van der Waals surface area contributed by atoms with Crippen LogP contribution in [0.15, 0.2) is 0 Å². The van der Waals surface area contributed by atoms with Crippen LogP contribution in [0.4, 0.5) is 0 Å². The molecule has 0 bridgehead atoms. The topological polar surface area (TPSA) is 83.1 Å². The maximum Gasteiger partial charge on any atom is 0.500 e. The van der Waals surface area contributed by atoms with Gasteiger partial charge in [-0.3, -0.25) is 0 Å². The zero-order valence-corrected chi connectivity index (χ0v) is 36.1. The van der Waals surface area contributed by atoms with Crippen molar-refractivity contribution in [2.24, 2.45) is 0 Å². The predicted molar refractivity (Wildman–Crippen MR) is 202 cm³/mol. The summed E-state index contributed by atoms with van der Waals surface area (Å²) in [5, 5.41) is 0. The van der Waals surface area contributed by atoms with Crippen LogP contribution in [0.1, 0.15) is 81.6 Å². The van der Waals surface area contributed by atoms with Crippen LogP contribution in [-0.4, -0.2) is 103 Å². The number of rotatable bonds is 33. The Morgan fingerprint density at radius 2 is 0.568 bits per heavy atom. The summed E-state index contributed by atoms with van der Waals surface area (Å²) in [6, 6.07) is 2.41. The van der Waals surface area contributed by atoms with Gasteiger partial charge in [-0.15, -0.1) is 34.1 Å². The summed E-state index contributed by atoms with van der Waals surface area (Å²) in [7, 11) is -8.00. The monoisotopic (exact) mass is 774 g/mol. The van der Waals surface area contributed by atoms with E-state index >= 15 is 0 Å². The third-order valence-corrected chi connectivity index (χ3v) is 30.8. The molecule has 0 radical (unpaired) electrons. The van der Waals surface area contributed by atoms with E-state index < -0.39 is 30.1 Å². The van der Waals surface area contributed by atoms with E-state index in [1.165, 1.54) is 0 Å². The first-order valence-electron chi connectivity index (χ1n) is 16.5. The van der Waals surface area contributed by atoms with Crippen LogP contribution >= 0.6 is 37.8 Å². The Hall–Kier alpha value is 1.99. The summed E-state index contributed by atoms with van der Waals surface area (Å²) in [5.41, 5.74) is 0. The van der Waals surface area contributed by atoms with Gasteiger partial charge in [-0.05, 0) is 98.8 Å². The molecule has 0 aromatic carbocycles. The minimum Gasteiger partial charge on any atom is -0.374 e. The average molecular weight is 775 g/mol. The van der Waals surface area contributed by atoms with Crippen molar-refractivity contribution in [1.29, 1.82) is 0 Å². The molecular weight excluding hydrogens is 712 g/mol. The molecule has 0 aliphatic rings. The minimum atomic E-state index is -2.67. The van der Waals surface area contributed by atoms with Crippen LogP contribution in [-0.2, 0) is 51.6 Å². The van der Waals surface area contributed by atoms with Gasteiger partial charge in [-0.2, -0.15) is 0 Å². The molecule has 0 fully saturated rings. The van der Waals surface area contributed by atoms with Crippen molar-refractivity contribution in [3.63, 3.8) is 0 Å². The summed E-state index contributed by atoms with van der Waals surface area (Å²) < 4.78 is 52.9. The smallest absolute Gasteiger partial charge is 0.374 e. The fraction of sp³-hybridized carbons (Fsp3) is 1.00. The summed E-state index contributed by atoms with van der Waals surface area (Å²) in [6.45, 7) is 23.3. The highest BCUT2D eigenvalue weighted by atomic mass is 33.5. The van der Waals surface area contributed by atoms with Gasteiger partial charge in [0.2, 0.25) is 0 Å². The van der Waals surface area contributed by atoms with Crippen LogP contribution in [0, 0.1) is 0 Å². The summed E-state index contributed by atoms with van der Waals surface area (Å²) >= 11 is 12.3. The zero-order chi connectivity index (χ0) is 33.2. The van der Waals surface area contributed by atoms with Crippen LogP contribution < -0.4 is 0 Å². The number of hydrogen-bond acceptors (Lipinski definition) is 13. The molecule has 266 valence electrons. The van der Waals surface area contributed by atoms with Gasteiger partial charge in [-0.25, -0.2) is 0 Å². The van der Waals surface area contributed by atoms with Crippen molar-refractivity contribution in [2.45, 2.75) is 99.7 Å². The zero-order valence-electron chi connectivity index (χ0n) is 29.0. The van der Waals surface area contributed by atoms with Crippen LogP contribution in [0.3, 0.4) is 0 Å². The van der Waals surface area contributed by atoms with Crippen LogP contribution in [0.5, 0.6) is 0 Å². The second-order valence-electron chi connectivity index (χ2n) is 9.20. The lowest BCUT2D eigenvalue weighted by Gasteiger charge is -2.29. The van der Waals surface area contributed by atoms with Gasteiger partial charge in [0.05, 0.1) is 0 Å². The average Bonchev–Trinajstić information content (AvgIpc) is 2.97. The molecule has 0 aliphatic heterocycles. The standard InChI is InChI=1S/C27H63O9PS4Si3/c1-10-28-42(29-11-2,30-12-3)25-19-22-39-37(38,40-23-20-26-43(31-13-4,32-14-5)33-15-6)41-24-21-27-44(34-16-7,35-17-8)36-18-9/h10-27H2,1-9H3. The van der Waals surface area contributed by atoms with Gasteiger partial charge in [0.1, 0.15) is 3.64 Å². The molecular formula is C27H63O9PS4Si3. The van der Waals surface area contributed by atoms with E-state index in [1.807, 2.05) is 96.5 Å². The highest BCUT2D eigenvalue weighted by molar-refractivity contribution is 9.23. The molecule has 0 aromatic rings. The Morgan fingerprint density at radius 1 is 0.386 bits per heavy atom. The van der Waals surface area contributed by atoms with Crippen molar-refractivity contribution in [3.05, 3.63) is 0 Å². The van der Waals surface area contributed by atoms with Crippen molar-refractivity contribution in [3.8, 4) is 0 Å². The van der Waals surface area contributed by atoms with E-state index in [0.29, 0.717) is 59.5 Å². The molecule has 0 saturated carbocycles. The Morgan fingerprint density at radius 3 is 0.727 bits per heavy atom. The fourth-order valence-electron chi connectivity index (χ4n) is 4.51. The molecule has 0 aliphatic carbocycles. The first-order chi connectivity index (χ1) is 21.2. The molecule has 0 saturated heterocycles. The van der Waals surface area contributed by atoms with E-state index in [1.54, 1.807) is 0 Å². The maximum atomic E-state index is 6.44. The molecule has 44 heavy (non-hydrogen) atoms. The first kappa shape index (κ1) is 46.0. The lowest BCUT2D eigenvalue weighted by atomic mass is 10.6. The van der Waals surface area contributed by atoms with E-state index in [-0.39, 0.29) is 0 Å². The summed E-state index contributed by atoms with van der Waals surface area (Å²) in [5.74, 6) is 2.85. The van der Waals surface area contributed by atoms with Gasteiger partial charge in [-0.1, -0.05) is 11.8 Å². The molecule has 0 heterocycles. The SMILES string of the molecule is CCO[Si](CCCSP(=S)(SCCC[Si](OCC)(OCC)OCC)SCCC[Si](OCC)(OCC)OCC)(OCC)OCC. The minimum absolute atomic E-state index is 0.592. The van der Waals surface area contributed by atoms with Gasteiger partial charge >= 0.3 is 26.4 Å². The first-order valence-corrected chi connectivity index (χ1v) is 29.8. The van der Waals surface area contributed by atoms with Gasteiger partial charge in [0.15, 0.2) is 0 Å². The molecule has 0 unspecified atom stereocenters.